The largest absolute Gasteiger partial charge is 0.367 e. The van der Waals surface area contributed by atoms with Crippen LogP contribution >= 0.6 is 0 Å². The molecule has 160 valence electrons. The van der Waals surface area contributed by atoms with Crippen molar-refractivity contribution in [2.75, 3.05) is 63.6 Å². The Kier molecular flexibility index (Phi) is 6.50. The van der Waals surface area contributed by atoms with E-state index in [2.05, 4.69) is 25.5 Å². The molecule has 3 fully saturated rings. The fourth-order valence-corrected chi connectivity index (χ4v) is 4.30. The molecule has 1 atom stereocenters. The Hall–Kier alpha value is -1.93. The number of rotatable bonds is 8. The lowest BCUT2D eigenvalue weighted by molar-refractivity contribution is -0.149. The third-order valence-corrected chi connectivity index (χ3v) is 6.21. The molecule has 0 unspecified atom stereocenters. The Labute approximate surface area is 173 Å². The number of anilines is 2. The molecule has 0 aromatic carbocycles. The summed E-state index contributed by atoms with van der Waals surface area (Å²) in [4.78, 5) is 25.7. The van der Waals surface area contributed by atoms with Gasteiger partial charge < -0.3 is 25.2 Å². The van der Waals surface area contributed by atoms with Gasteiger partial charge in [0.25, 0.3) is 0 Å². The molecule has 0 radical (unpaired) electrons. The molecule has 29 heavy (non-hydrogen) atoms. The van der Waals surface area contributed by atoms with Gasteiger partial charge in [0.2, 0.25) is 11.9 Å². The molecule has 3 heterocycles. The van der Waals surface area contributed by atoms with E-state index >= 15 is 0 Å². The Morgan fingerprint density at radius 3 is 2.62 bits per heavy atom. The smallest absolute Gasteiger partial charge is 0.248 e. The highest BCUT2D eigenvalue weighted by Gasteiger charge is 2.31. The summed E-state index contributed by atoms with van der Waals surface area (Å²) >= 11 is 0. The number of morpholine rings is 1. The first-order chi connectivity index (χ1) is 14.1. The summed E-state index contributed by atoms with van der Waals surface area (Å²) in [5.41, 5.74) is 0.904. The topological polar surface area (TPSA) is 82.6 Å². The first-order valence-corrected chi connectivity index (χ1v) is 11.0. The van der Waals surface area contributed by atoms with Crippen molar-refractivity contribution in [3.8, 4) is 0 Å². The summed E-state index contributed by atoms with van der Waals surface area (Å²) in [5, 5.41) is 6.31. The fourth-order valence-electron chi connectivity index (χ4n) is 4.30. The highest BCUT2D eigenvalue weighted by atomic mass is 16.5. The maximum absolute atomic E-state index is 12.4. The van der Waals surface area contributed by atoms with Crippen molar-refractivity contribution in [2.24, 2.45) is 11.8 Å². The third-order valence-electron chi connectivity index (χ3n) is 6.21. The fraction of sp³-hybridized carbons (Fsp3) is 0.762. The molecule has 2 aliphatic heterocycles. The number of piperidine rings is 1. The van der Waals surface area contributed by atoms with Crippen LogP contribution in [0.5, 0.6) is 0 Å². The number of carbonyl (C=O) groups excluding carboxylic acids is 1. The second kappa shape index (κ2) is 9.26. The summed E-state index contributed by atoms with van der Waals surface area (Å²) in [5.74, 6) is 3.07. The number of aromatic nitrogens is 2. The highest BCUT2D eigenvalue weighted by Crippen LogP contribution is 2.31. The Morgan fingerprint density at radius 2 is 1.90 bits per heavy atom. The number of amides is 1. The molecular formula is C21H34N6O2. The number of nitrogens with zero attached hydrogens (tertiary/aromatic N) is 4. The minimum absolute atomic E-state index is 0.0176. The van der Waals surface area contributed by atoms with E-state index in [1.165, 1.54) is 45.3 Å². The van der Waals surface area contributed by atoms with Crippen molar-refractivity contribution in [2.45, 2.75) is 38.7 Å². The van der Waals surface area contributed by atoms with Gasteiger partial charge in [-0.3, -0.25) is 4.79 Å². The molecule has 2 N–H and O–H groups in total. The Morgan fingerprint density at radius 1 is 1.14 bits per heavy atom. The van der Waals surface area contributed by atoms with Gasteiger partial charge in [0.05, 0.1) is 6.10 Å². The van der Waals surface area contributed by atoms with E-state index in [-0.39, 0.29) is 18.6 Å². The molecular weight excluding hydrogens is 368 g/mol. The maximum Gasteiger partial charge on any atom is 0.248 e. The summed E-state index contributed by atoms with van der Waals surface area (Å²) in [6.07, 6.45) is 5.22. The van der Waals surface area contributed by atoms with Gasteiger partial charge in [0, 0.05) is 45.0 Å². The summed E-state index contributed by atoms with van der Waals surface area (Å²) < 4.78 is 5.76. The number of ether oxygens (including phenoxy) is 1. The summed E-state index contributed by atoms with van der Waals surface area (Å²) in [6, 6.07) is 1.92. The predicted molar refractivity (Wildman–Crippen MR) is 113 cm³/mol. The molecule has 3 aliphatic rings. The zero-order valence-electron chi connectivity index (χ0n) is 17.7. The Bertz CT molecular complexity index is 702. The van der Waals surface area contributed by atoms with Crippen LogP contribution in [0.3, 0.4) is 0 Å². The quantitative estimate of drug-likeness (QED) is 0.683. The molecule has 1 aromatic rings. The van der Waals surface area contributed by atoms with Gasteiger partial charge in [-0.15, -0.1) is 0 Å². The van der Waals surface area contributed by atoms with Crippen LogP contribution in [0.2, 0.25) is 0 Å². The SMILES string of the molecule is CNc1nc(C)cc(NC[C@H]2CN(CC3CCN(CC4CC4)CC3)C(=O)CO2)n1. The number of hydrogen-bond donors (Lipinski definition) is 2. The lowest BCUT2D eigenvalue weighted by atomic mass is 9.95. The zero-order chi connectivity index (χ0) is 20.2. The van der Waals surface area contributed by atoms with E-state index in [1.54, 1.807) is 0 Å². The van der Waals surface area contributed by atoms with Crippen LogP contribution < -0.4 is 10.6 Å². The second-order valence-corrected chi connectivity index (χ2v) is 8.77. The maximum atomic E-state index is 12.4. The van der Waals surface area contributed by atoms with Crippen molar-refractivity contribution in [1.82, 2.24) is 19.8 Å². The average Bonchev–Trinajstić information content (AvgIpc) is 3.53. The first kappa shape index (κ1) is 20.3. The zero-order valence-corrected chi connectivity index (χ0v) is 17.7. The minimum Gasteiger partial charge on any atom is -0.367 e. The van der Waals surface area contributed by atoms with Crippen LogP contribution in [0.1, 0.15) is 31.4 Å². The number of likely N-dealkylation sites (tertiary alicyclic amines) is 1. The van der Waals surface area contributed by atoms with E-state index in [4.69, 9.17) is 4.74 Å². The van der Waals surface area contributed by atoms with E-state index < -0.39 is 0 Å². The molecule has 8 nitrogen and oxygen atoms in total. The third kappa shape index (κ3) is 5.79. The molecule has 1 saturated carbocycles. The number of aryl methyl sites for hydroxylation is 1. The lowest BCUT2D eigenvalue weighted by Gasteiger charge is -2.38. The molecule has 2 saturated heterocycles. The Balaban J connectivity index is 1.24. The number of hydrogen-bond acceptors (Lipinski definition) is 7. The number of carbonyl (C=O) groups is 1. The van der Waals surface area contributed by atoms with Crippen LogP contribution in [-0.2, 0) is 9.53 Å². The van der Waals surface area contributed by atoms with Gasteiger partial charge in [-0.1, -0.05) is 0 Å². The first-order valence-electron chi connectivity index (χ1n) is 11.0. The monoisotopic (exact) mass is 402 g/mol. The van der Waals surface area contributed by atoms with Gasteiger partial charge in [-0.2, -0.15) is 4.98 Å². The van der Waals surface area contributed by atoms with Gasteiger partial charge >= 0.3 is 0 Å². The molecule has 4 rings (SSSR count). The van der Waals surface area contributed by atoms with Crippen LogP contribution in [0.25, 0.3) is 0 Å². The van der Waals surface area contributed by atoms with Crippen LogP contribution in [0.15, 0.2) is 6.07 Å². The van der Waals surface area contributed by atoms with Crippen molar-refractivity contribution in [3.63, 3.8) is 0 Å². The van der Waals surface area contributed by atoms with E-state index in [9.17, 15) is 4.79 Å². The van der Waals surface area contributed by atoms with Gasteiger partial charge in [0.1, 0.15) is 12.4 Å². The molecule has 8 heteroatoms. The normalized spacial score (nSPS) is 24.0. The predicted octanol–water partition coefficient (Wildman–Crippen LogP) is 1.59. The van der Waals surface area contributed by atoms with Crippen molar-refractivity contribution in [1.29, 1.82) is 0 Å². The number of nitrogens with one attached hydrogen (secondary N) is 2. The molecule has 0 bridgehead atoms. The van der Waals surface area contributed by atoms with E-state index in [0.29, 0.717) is 25.0 Å². The minimum atomic E-state index is -0.0176. The van der Waals surface area contributed by atoms with Gasteiger partial charge in [0.15, 0.2) is 0 Å². The van der Waals surface area contributed by atoms with Crippen LogP contribution in [0.4, 0.5) is 11.8 Å². The van der Waals surface area contributed by atoms with Crippen molar-refractivity contribution >= 4 is 17.7 Å². The molecule has 0 spiro atoms. The summed E-state index contributed by atoms with van der Waals surface area (Å²) in [7, 11) is 1.81. The van der Waals surface area contributed by atoms with Gasteiger partial charge in [-0.25, -0.2) is 4.98 Å². The molecule has 1 amide bonds. The second-order valence-electron chi connectivity index (χ2n) is 8.77. The standard InChI is InChI=1S/C21H34N6O2/c1-15-9-19(25-21(22-2)24-15)23-10-18-13-27(20(28)14-29-18)12-17-5-7-26(8-6-17)11-16-3-4-16/h9,16-18H,3-8,10-14H2,1-2H3,(H2,22,23,24,25)/t18-/m0/s1. The van der Waals surface area contributed by atoms with Crippen molar-refractivity contribution < 1.29 is 9.53 Å². The van der Waals surface area contributed by atoms with Crippen LogP contribution in [-0.4, -0.2) is 84.7 Å². The van der Waals surface area contributed by atoms with Crippen molar-refractivity contribution in [3.05, 3.63) is 11.8 Å². The van der Waals surface area contributed by atoms with Gasteiger partial charge in [-0.05, 0) is 57.5 Å². The molecule has 1 aliphatic carbocycles. The van der Waals surface area contributed by atoms with E-state index in [1.807, 2.05) is 24.9 Å². The van der Waals surface area contributed by atoms with E-state index in [0.717, 1.165) is 24.0 Å². The molecule has 1 aromatic heterocycles. The van der Waals surface area contributed by atoms with Crippen LogP contribution in [0, 0.1) is 18.8 Å². The lowest BCUT2D eigenvalue weighted by Crippen LogP contribution is -2.51. The average molecular weight is 403 g/mol. The summed E-state index contributed by atoms with van der Waals surface area (Å²) in [6.45, 7) is 7.93. The highest BCUT2D eigenvalue weighted by molar-refractivity contribution is 5.78.